The molecule has 19 heavy (non-hydrogen) atoms. The van der Waals surface area contributed by atoms with Crippen LogP contribution >= 0.6 is 0 Å². The van der Waals surface area contributed by atoms with Gasteiger partial charge in [-0.15, -0.1) is 0 Å². The van der Waals surface area contributed by atoms with Gasteiger partial charge in [0.25, 0.3) is 6.43 Å². The molecule has 3 nitrogen and oxygen atoms in total. The Bertz CT molecular complexity index is 371. The van der Waals surface area contributed by atoms with Crippen LogP contribution in [0.1, 0.15) is 18.4 Å². The Morgan fingerprint density at radius 3 is 2.58 bits per heavy atom. The van der Waals surface area contributed by atoms with Gasteiger partial charge in [-0.1, -0.05) is 30.3 Å². The number of nitrogens with one attached hydrogen (secondary N) is 1. The van der Waals surface area contributed by atoms with E-state index in [1.54, 1.807) is 7.05 Å². The van der Waals surface area contributed by atoms with Crippen LogP contribution < -0.4 is 5.32 Å². The van der Waals surface area contributed by atoms with Crippen molar-refractivity contribution in [2.75, 3.05) is 20.1 Å². The molecule has 0 fully saturated rings. The number of rotatable bonds is 8. The molecule has 1 aromatic rings. The van der Waals surface area contributed by atoms with Crippen LogP contribution in [0, 0.1) is 0 Å². The summed E-state index contributed by atoms with van der Waals surface area (Å²) in [7, 11) is 1.80. The molecular weight excluding hydrogens is 250 g/mol. The topological polar surface area (TPSA) is 32.3 Å². The van der Waals surface area contributed by atoms with Gasteiger partial charge in [-0.05, 0) is 25.6 Å². The van der Waals surface area contributed by atoms with Gasteiger partial charge in [-0.3, -0.25) is 4.79 Å². The Hall–Kier alpha value is -1.49. The van der Waals surface area contributed by atoms with E-state index in [4.69, 9.17) is 0 Å². The van der Waals surface area contributed by atoms with Crippen LogP contribution in [0.5, 0.6) is 0 Å². The van der Waals surface area contributed by atoms with Gasteiger partial charge in [0.05, 0.1) is 6.54 Å². The first-order valence-corrected chi connectivity index (χ1v) is 6.38. The highest BCUT2D eigenvalue weighted by Gasteiger charge is 2.17. The van der Waals surface area contributed by atoms with Crippen molar-refractivity contribution in [1.82, 2.24) is 10.2 Å². The van der Waals surface area contributed by atoms with Gasteiger partial charge in [0, 0.05) is 13.0 Å². The zero-order valence-electron chi connectivity index (χ0n) is 11.1. The van der Waals surface area contributed by atoms with Gasteiger partial charge >= 0.3 is 0 Å². The molecule has 0 saturated heterocycles. The highest BCUT2D eigenvalue weighted by atomic mass is 19.3. The minimum absolute atomic E-state index is 0.223. The van der Waals surface area contributed by atoms with E-state index in [2.05, 4.69) is 5.32 Å². The van der Waals surface area contributed by atoms with Gasteiger partial charge < -0.3 is 10.2 Å². The van der Waals surface area contributed by atoms with Crippen molar-refractivity contribution >= 4 is 5.91 Å². The van der Waals surface area contributed by atoms with Gasteiger partial charge in [-0.25, -0.2) is 8.78 Å². The molecule has 1 N–H and O–H groups in total. The van der Waals surface area contributed by atoms with Crippen LogP contribution in [0.2, 0.25) is 0 Å². The predicted octanol–water partition coefficient (Wildman–Crippen LogP) is 2.28. The first kappa shape index (κ1) is 15.6. The molecule has 0 bridgehead atoms. The largest absolute Gasteiger partial charge is 0.333 e. The molecule has 1 amide bonds. The molecule has 0 radical (unpaired) electrons. The first-order valence-electron chi connectivity index (χ1n) is 6.38. The van der Waals surface area contributed by atoms with E-state index in [1.165, 1.54) is 4.90 Å². The fourth-order valence-electron chi connectivity index (χ4n) is 1.80. The summed E-state index contributed by atoms with van der Waals surface area (Å²) in [5.41, 5.74) is 0.866. The first-order chi connectivity index (χ1) is 9.13. The van der Waals surface area contributed by atoms with Gasteiger partial charge in [0.1, 0.15) is 0 Å². The monoisotopic (exact) mass is 270 g/mol. The molecule has 106 valence electrons. The Balaban J connectivity index is 2.58. The molecule has 0 heterocycles. The van der Waals surface area contributed by atoms with E-state index in [0.717, 1.165) is 5.56 Å². The lowest BCUT2D eigenvalue weighted by Gasteiger charge is -2.22. The van der Waals surface area contributed by atoms with Crippen molar-refractivity contribution < 1.29 is 13.6 Å². The van der Waals surface area contributed by atoms with E-state index in [1.807, 2.05) is 30.3 Å². The summed E-state index contributed by atoms with van der Waals surface area (Å²) in [5, 5.41) is 2.93. The predicted molar refractivity (Wildman–Crippen MR) is 71.0 cm³/mol. The lowest BCUT2D eigenvalue weighted by molar-refractivity contribution is -0.133. The second kappa shape index (κ2) is 8.58. The number of alkyl halides is 2. The van der Waals surface area contributed by atoms with Crippen LogP contribution in [-0.4, -0.2) is 37.4 Å². The quantitative estimate of drug-likeness (QED) is 0.735. The van der Waals surface area contributed by atoms with Crippen molar-refractivity contribution in [3.63, 3.8) is 0 Å². The number of hydrogen-bond donors (Lipinski definition) is 1. The maximum absolute atomic E-state index is 12.5. The molecule has 0 aliphatic carbocycles. The van der Waals surface area contributed by atoms with Crippen LogP contribution in [-0.2, 0) is 11.3 Å². The molecular formula is C14H20F2N2O. The molecule has 0 spiro atoms. The van der Waals surface area contributed by atoms with Crippen LogP contribution in [0.3, 0.4) is 0 Å². The average molecular weight is 270 g/mol. The molecule has 0 aliphatic heterocycles. The molecule has 0 aliphatic rings. The Morgan fingerprint density at radius 1 is 1.32 bits per heavy atom. The zero-order valence-corrected chi connectivity index (χ0v) is 11.1. The third-order valence-corrected chi connectivity index (χ3v) is 2.74. The average Bonchev–Trinajstić information content (AvgIpc) is 2.39. The maximum atomic E-state index is 12.5. The Kier molecular flexibility index (Phi) is 7.03. The lowest BCUT2D eigenvalue weighted by Crippen LogP contribution is -2.34. The number of halogens is 2. The van der Waals surface area contributed by atoms with E-state index >= 15 is 0 Å². The molecule has 1 aromatic carbocycles. The zero-order chi connectivity index (χ0) is 14.1. The van der Waals surface area contributed by atoms with E-state index < -0.39 is 13.0 Å². The Labute approximate surface area is 112 Å². The summed E-state index contributed by atoms with van der Waals surface area (Å²) >= 11 is 0. The summed E-state index contributed by atoms with van der Waals surface area (Å²) in [6, 6.07) is 9.19. The number of amides is 1. The second-order valence-electron chi connectivity index (χ2n) is 4.36. The fraction of sp³-hybridized carbons (Fsp3) is 0.500. The molecule has 1 rings (SSSR count). The number of hydrogen-bond acceptors (Lipinski definition) is 2. The van der Waals surface area contributed by atoms with Crippen molar-refractivity contribution in [2.24, 2.45) is 0 Å². The van der Waals surface area contributed by atoms with E-state index in [-0.39, 0.29) is 12.5 Å². The van der Waals surface area contributed by atoms with Crippen LogP contribution in [0.25, 0.3) is 0 Å². The number of carbonyl (C=O) groups is 1. The molecule has 5 heteroatoms. The normalized spacial score (nSPS) is 10.7. The van der Waals surface area contributed by atoms with Gasteiger partial charge in [-0.2, -0.15) is 0 Å². The summed E-state index contributed by atoms with van der Waals surface area (Å²) < 4.78 is 25.1. The van der Waals surface area contributed by atoms with Crippen LogP contribution in [0.4, 0.5) is 8.78 Å². The molecule has 0 unspecified atom stereocenters. The minimum atomic E-state index is -2.50. The standard InChI is InChI=1S/C14H20F2N2O/c1-17-9-5-8-14(19)18(11-13(15)16)10-12-6-3-2-4-7-12/h2-4,6-7,13,17H,5,8-11H2,1H3. The number of nitrogens with zero attached hydrogens (tertiary/aromatic N) is 1. The Morgan fingerprint density at radius 2 is 2.00 bits per heavy atom. The third-order valence-electron chi connectivity index (χ3n) is 2.74. The summed E-state index contributed by atoms with van der Waals surface area (Å²) in [5.74, 6) is -0.223. The van der Waals surface area contributed by atoms with Gasteiger partial charge in [0.2, 0.25) is 5.91 Å². The minimum Gasteiger partial charge on any atom is -0.333 e. The van der Waals surface area contributed by atoms with Crippen molar-refractivity contribution in [3.8, 4) is 0 Å². The highest BCUT2D eigenvalue weighted by Crippen LogP contribution is 2.09. The van der Waals surface area contributed by atoms with E-state index in [0.29, 0.717) is 19.4 Å². The number of carbonyl (C=O) groups excluding carboxylic acids is 1. The maximum Gasteiger partial charge on any atom is 0.255 e. The highest BCUT2D eigenvalue weighted by molar-refractivity contribution is 5.76. The molecule has 0 aromatic heterocycles. The SMILES string of the molecule is CNCCCC(=O)N(Cc1ccccc1)CC(F)F. The van der Waals surface area contributed by atoms with Crippen molar-refractivity contribution in [3.05, 3.63) is 35.9 Å². The van der Waals surface area contributed by atoms with Crippen LogP contribution in [0.15, 0.2) is 30.3 Å². The summed E-state index contributed by atoms with van der Waals surface area (Å²) in [4.78, 5) is 13.2. The fourth-order valence-corrected chi connectivity index (χ4v) is 1.80. The van der Waals surface area contributed by atoms with Crippen molar-refractivity contribution in [1.29, 1.82) is 0 Å². The lowest BCUT2D eigenvalue weighted by atomic mass is 10.2. The van der Waals surface area contributed by atoms with Gasteiger partial charge in [0.15, 0.2) is 0 Å². The number of benzene rings is 1. The van der Waals surface area contributed by atoms with Crippen molar-refractivity contribution in [2.45, 2.75) is 25.8 Å². The second-order valence-corrected chi connectivity index (χ2v) is 4.36. The molecule has 0 atom stereocenters. The van der Waals surface area contributed by atoms with E-state index in [9.17, 15) is 13.6 Å². The summed E-state index contributed by atoms with van der Waals surface area (Å²) in [6.45, 7) is 0.441. The summed E-state index contributed by atoms with van der Waals surface area (Å²) in [6.07, 6.45) is -1.55. The third kappa shape index (κ3) is 6.29. The smallest absolute Gasteiger partial charge is 0.255 e. The molecule has 0 saturated carbocycles.